The molecule has 4 rings (SSSR count). The van der Waals surface area contributed by atoms with Crippen molar-refractivity contribution in [3.63, 3.8) is 0 Å². The van der Waals surface area contributed by atoms with Crippen molar-refractivity contribution in [2.45, 2.75) is 27.4 Å². The third kappa shape index (κ3) is 8.92. The Morgan fingerprint density at radius 2 is 1.67 bits per heavy atom. The predicted molar refractivity (Wildman–Crippen MR) is 175 cm³/mol. The minimum Gasteiger partial charge on any atom is -0.490 e. The fourth-order valence-electron chi connectivity index (χ4n) is 4.04. The first-order chi connectivity index (χ1) is 20.7. The van der Waals surface area contributed by atoms with Crippen LogP contribution in [-0.2, 0) is 11.4 Å². The van der Waals surface area contributed by atoms with Crippen molar-refractivity contribution in [2.75, 3.05) is 18.5 Å². The molecule has 0 saturated carbocycles. The molecule has 43 heavy (non-hydrogen) atoms. The van der Waals surface area contributed by atoms with E-state index in [0.717, 1.165) is 26.9 Å². The lowest BCUT2D eigenvalue weighted by atomic mass is 10.1. The molecule has 0 saturated heterocycles. The van der Waals surface area contributed by atoms with Crippen LogP contribution in [0.3, 0.4) is 0 Å². The largest absolute Gasteiger partial charge is 0.490 e. The zero-order valence-electron chi connectivity index (χ0n) is 23.9. The van der Waals surface area contributed by atoms with Crippen LogP contribution in [0, 0.1) is 13.8 Å². The predicted octanol–water partition coefficient (Wildman–Crippen LogP) is 7.59. The van der Waals surface area contributed by atoms with E-state index in [0.29, 0.717) is 46.1 Å². The molecular formula is C33H31Br2N3O5. The second kappa shape index (κ2) is 15.4. The molecule has 0 radical (unpaired) electrons. The summed E-state index contributed by atoms with van der Waals surface area (Å²) in [5.41, 5.74) is 7.25. The Hall–Kier alpha value is -4.15. The number of benzene rings is 4. The van der Waals surface area contributed by atoms with Crippen molar-refractivity contribution >= 4 is 55.6 Å². The van der Waals surface area contributed by atoms with Crippen molar-refractivity contribution in [3.05, 3.63) is 116 Å². The van der Waals surface area contributed by atoms with Gasteiger partial charge in [-0.2, -0.15) is 5.10 Å². The summed E-state index contributed by atoms with van der Waals surface area (Å²) in [5.74, 6) is 0.655. The van der Waals surface area contributed by atoms with Gasteiger partial charge in [0.05, 0.1) is 17.3 Å². The molecule has 0 bridgehead atoms. The summed E-state index contributed by atoms with van der Waals surface area (Å²) in [4.78, 5) is 25.6. The Morgan fingerprint density at radius 1 is 0.884 bits per heavy atom. The maximum absolute atomic E-state index is 12.9. The summed E-state index contributed by atoms with van der Waals surface area (Å²) in [6.07, 6.45) is 1.45. The van der Waals surface area contributed by atoms with E-state index in [-0.39, 0.29) is 12.5 Å². The molecule has 2 amide bonds. The maximum atomic E-state index is 12.9. The quantitative estimate of drug-likeness (QED) is 0.117. The molecule has 2 N–H and O–H groups in total. The first-order valence-corrected chi connectivity index (χ1v) is 15.1. The van der Waals surface area contributed by atoms with Crippen molar-refractivity contribution in [1.29, 1.82) is 0 Å². The van der Waals surface area contributed by atoms with Gasteiger partial charge in [0.2, 0.25) is 0 Å². The van der Waals surface area contributed by atoms with Crippen LogP contribution in [-0.4, -0.2) is 31.2 Å². The summed E-state index contributed by atoms with van der Waals surface area (Å²) in [7, 11) is 0. The summed E-state index contributed by atoms with van der Waals surface area (Å²) in [5, 5.41) is 7.02. The molecule has 0 aromatic heterocycles. The molecule has 4 aromatic rings. The van der Waals surface area contributed by atoms with Gasteiger partial charge < -0.3 is 19.5 Å². The lowest BCUT2D eigenvalue weighted by molar-refractivity contribution is -0.118. The molecular weight excluding hydrogens is 678 g/mol. The van der Waals surface area contributed by atoms with Gasteiger partial charge in [0.25, 0.3) is 11.8 Å². The Labute approximate surface area is 267 Å². The van der Waals surface area contributed by atoms with E-state index in [2.05, 4.69) is 47.7 Å². The maximum Gasteiger partial charge on any atom is 0.271 e. The number of nitrogens with zero attached hydrogens (tertiary/aromatic N) is 1. The van der Waals surface area contributed by atoms with E-state index in [1.54, 1.807) is 30.3 Å². The van der Waals surface area contributed by atoms with Gasteiger partial charge in [-0.3, -0.25) is 9.59 Å². The number of rotatable bonds is 12. The average molecular weight is 709 g/mol. The second-order valence-electron chi connectivity index (χ2n) is 9.46. The van der Waals surface area contributed by atoms with Gasteiger partial charge in [-0.1, -0.05) is 58.4 Å². The Kier molecular flexibility index (Phi) is 11.4. The lowest BCUT2D eigenvalue weighted by Crippen LogP contribution is -2.21. The summed E-state index contributed by atoms with van der Waals surface area (Å²) < 4.78 is 18.9. The Morgan fingerprint density at radius 3 is 2.44 bits per heavy atom. The van der Waals surface area contributed by atoms with Crippen LogP contribution in [0.1, 0.15) is 39.5 Å². The average Bonchev–Trinajstić information content (AvgIpc) is 2.99. The standard InChI is InChI=1S/C33H31Br2N3O5/c1-4-41-30-16-24(13-14-29(30)42-19-23-10-6-5-7-11-23)33(40)38-36-18-25-15-26(34)17-27(35)32(25)43-20-31(39)37-28-12-8-9-21(2)22(28)3/h5-18H,4,19-20H2,1-3H3,(H,37,39)(H,38,40)/b36-18+. The van der Waals surface area contributed by atoms with Gasteiger partial charge in [-0.05, 0) is 89.8 Å². The Bertz CT molecular complexity index is 1630. The SMILES string of the molecule is CCOc1cc(C(=O)N/N=C/c2cc(Br)cc(Br)c2OCC(=O)Nc2cccc(C)c2C)ccc1OCc1ccccc1. The molecule has 0 spiro atoms. The van der Waals surface area contributed by atoms with Gasteiger partial charge in [0.15, 0.2) is 18.1 Å². The van der Waals surface area contributed by atoms with Crippen LogP contribution < -0.4 is 25.0 Å². The zero-order chi connectivity index (χ0) is 30.8. The number of hydrogen-bond donors (Lipinski definition) is 2. The van der Waals surface area contributed by atoms with Crippen LogP contribution in [0.25, 0.3) is 0 Å². The normalized spacial score (nSPS) is 10.8. The van der Waals surface area contributed by atoms with Gasteiger partial charge in [-0.25, -0.2) is 5.43 Å². The lowest BCUT2D eigenvalue weighted by Gasteiger charge is -2.14. The first-order valence-electron chi connectivity index (χ1n) is 13.5. The zero-order valence-corrected chi connectivity index (χ0v) is 27.1. The molecule has 222 valence electrons. The molecule has 0 unspecified atom stereocenters. The number of anilines is 1. The third-order valence-corrected chi connectivity index (χ3v) is 7.42. The van der Waals surface area contributed by atoms with Crippen LogP contribution >= 0.6 is 31.9 Å². The highest BCUT2D eigenvalue weighted by atomic mass is 79.9. The summed E-state index contributed by atoms with van der Waals surface area (Å²) >= 11 is 6.95. The smallest absolute Gasteiger partial charge is 0.271 e. The number of amides is 2. The number of ether oxygens (including phenoxy) is 3. The van der Waals surface area contributed by atoms with Crippen LogP contribution in [0.4, 0.5) is 5.69 Å². The highest BCUT2D eigenvalue weighted by molar-refractivity contribution is 9.11. The number of halogens is 2. The van der Waals surface area contributed by atoms with Crippen LogP contribution in [0.15, 0.2) is 92.9 Å². The second-order valence-corrected chi connectivity index (χ2v) is 11.2. The first kappa shape index (κ1) is 31.8. The van der Waals surface area contributed by atoms with Gasteiger partial charge in [0.1, 0.15) is 12.4 Å². The molecule has 4 aromatic carbocycles. The van der Waals surface area contributed by atoms with Crippen molar-refractivity contribution in [2.24, 2.45) is 5.10 Å². The number of aryl methyl sites for hydroxylation is 1. The molecule has 0 heterocycles. The van der Waals surface area contributed by atoms with Gasteiger partial charge in [0, 0.05) is 21.3 Å². The van der Waals surface area contributed by atoms with E-state index >= 15 is 0 Å². The summed E-state index contributed by atoms with van der Waals surface area (Å²) in [6.45, 7) is 6.36. The fourth-order valence-corrected chi connectivity index (χ4v) is 5.41. The molecule has 0 aliphatic heterocycles. The minimum atomic E-state index is -0.434. The monoisotopic (exact) mass is 707 g/mol. The van der Waals surface area contributed by atoms with Crippen molar-refractivity contribution in [1.82, 2.24) is 5.43 Å². The highest BCUT2D eigenvalue weighted by Crippen LogP contribution is 2.32. The van der Waals surface area contributed by atoms with E-state index in [1.165, 1.54) is 6.21 Å². The number of hydrogen-bond acceptors (Lipinski definition) is 6. The van der Waals surface area contributed by atoms with E-state index in [1.807, 2.05) is 69.3 Å². The van der Waals surface area contributed by atoms with E-state index in [9.17, 15) is 9.59 Å². The Balaban J connectivity index is 1.42. The molecule has 0 aliphatic carbocycles. The van der Waals surface area contributed by atoms with Crippen molar-refractivity contribution < 1.29 is 23.8 Å². The van der Waals surface area contributed by atoms with Crippen LogP contribution in [0.2, 0.25) is 0 Å². The summed E-state index contributed by atoms with van der Waals surface area (Å²) in [6, 6.07) is 24.0. The number of carbonyl (C=O) groups excluding carboxylic acids is 2. The fraction of sp³-hybridized carbons (Fsp3) is 0.182. The number of hydrazone groups is 1. The van der Waals surface area contributed by atoms with Gasteiger partial charge in [-0.15, -0.1) is 0 Å². The molecule has 0 fully saturated rings. The molecule has 0 aliphatic rings. The van der Waals surface area contributed by atoms with E-state index in [4.69, 9.17) is 14.2 Å². The topological polar surface area (TPSA) is 98.3 Å². The molecule has 0 atom stereocenters. The van der Waals surface area contributed by atoms with E-state index < -0.39 is 5.91 Å². The minimum absolute atomic E-state index is 0.223. The molecule has 8 nitrogen and oxygen atoms in total. The third-order valence-electron chi connectivity index (χ3n) is 6.38. The molecule has 10 heteroatoms. The number of nitrogens with one attached hydrogen (secondary N) is 2. The van der Waals surface area contributed by atoms with Crippen molar-refractivity contribution in [3.8, 4) is 17.2 Å². The van der Waals surface area contributed by atoms with Crippen LogP contribution in [0.5, 0.6) is 17.2 Å². The van der Waals surface area contributed by atoms with Gasteiger partial charge >= 0.3 is 0 Å². The highest BCUT2D eigenvalue weighted by Gasteiger charge is 2.14. The number of carbonyl (C=O) groups is 2.